The zero-order valence-electron chi connectivity index (χ0n) is 31.0. The Bertz CT molecular complexity index is 1650. The van der Waals surface area contributed by atoms with E-state index < -0.39 is 83.9 Å². The maximum Gasteiger partial charge on any atom is 0.333 e. The number of hydrogen-bond donors (Lipinski definition) is 8. The van der Waals surface area contributed by atoms with Gasteiger partial charge in [0.05, 0.1) is 23.8 Å². The first-order valence-electron chi connectivity index (χ1n) is 17.8. The van der Waals surface area contributed by atoms with Gasteiger partial charge in [-0.1, -0.05) is 6.07 Å². The monoisotopic (exact) mass is 786 g/mol. The standard InChI is InChI=1S/C35H47BN6O14/c1-35(2,18-43)33(52)39-11-4-3-5-21(41-31(49)23(16-37)42-27(46)8-9-28(42)47)30(48)38-12-10-26(45)40-22-13-19(17-54-34(36)53)6-7-24(22)55-29-15-20(44)14-25(56-29)32(50)51/h6-9,13,20-21,23,25,29,43-44H,3-5,10-12,14-18,37H2,1-2H3,(H,38,48)(H,39,52)(H,40,45)(H,41,49)(H,50,51). The molecule has 1 saturated heterocycles. The topological polar surface area (TPSA) is 302 Å². The van der Waals surface area contributed by atoms with Crippen LogP contribution in [0.4, 0.5) is 10.5 Å². The summed E-state index contributed by atoms with van der Waals surface area (Å²) in [5.41, 5.74) is 5.16. The second-order valence-corrected chi connectivity index (χ2v) is 13.6. The highest BCUT2D eigenvalue weighted by Crippen LogP contribution is 2.31. The number of imide groups is 1. The molecule has 1 aromatic carbocycles. The molecule has 0 saturated carbocycles. The zero-order valence-corrected chi connectivity index (χ0v) is 31.0. The lowest BCUT2D eigenvalue weighted by atomic mass is 9.94. The van der Waals surface area contributed by atoms with Gasteiger partial charge in [0.25, 0.3) is 11.8 Å². The highest BCUT2D eigenvalue weighted by atomic mass is 16.7. The van der Waals surface area contributed by atoms with Crippen molar-refractivity contribution in [3.05, 3.63) is 35.9 Å². The molecule has 1 fully saturated rings. The van der Waals surface area contributed by atoms with E-state index in [2.05, 4.69) is 21.3 Å². The first kappa shape index (κ1) is 45.0. The van der Waals surface area contributed by atoms with E-state index in [9.17, 15) is 53.7 Å². The largest absolute Gasteiger partial charge is 0.479 e. The number of aliphatic hydroxyl groups excluding tert-OH is 2. The van der Waals surface area contributed by atoms with Gasteiger partial charge in [0.15, 0.2) is 6.10 Å². The Balaban J connectivity index is 1.67. The fourth-order valence-corrected chi connectivity index (χ4v) is 5.47. The third-order valence-corrected chi connectivity index (χ3v) is 8.68. The SMILES string of the molecule is [B]C(=O)OCc1ccc(OC2CC(O)CC(C(=O)O)O2)c(NC(=O)CCNC(=O)C(CCCCNC(=O)C(C)(C)CO)NC(=O)C(CN)N2C(=O)C=CC2=O)c1. The molecule has 0 aromatic heterocycles. The van der Waals surface area contributed by atoms with Gasteiger partial charge in [0.1, 0.15) is 24.4 Å². The van der Waals surface area contributed by atoms with Crippen LogP contribution < -0.4 is 31.7 Å². The second-order valence-electron chi connectivity index (χ2n) is 13.6. The fourth-order valence-electron chi connectivity index (χ4n) is 5.47. The molecule has 56 heavy (non-hydrogen) atoms. The van der Waals surface area contributed by atoms with Gasteiger partial charge < -0.3 is 56.5 Å². The Labute approximate surface area is 323 Å². The zero-order chi connectivity index (χ0) is 41.6. The molecule has 3 rings (SSSR count). The Kier molecular flexibility index (Phi) is 16.9. The summed E-state index contributed by atoms with van der Waals surface area (Å²) in [7, 11) is 5.06. The van der Waals surface area contributed by atoms with Crippen LogP contribution in [-0.4, -0.2) is 132 Å². The summed E-state index contributed by atoms with van der Waals surface area (Å²) in [6.07, 6.45) is -1.41. The lowest BCUT2D eigenvalue weighted by Crippen LogP contribution is -2.57. The molecular weight excluding hydrogens is 739 g/mol. The third kappa shape index (κ3) is 13.4. The Morgan fingerprint density at radius 3 is 2.36 bits per heavy atom. The van der Waals surface area contributed by atoms with E-state index in [1.54, 1.807) is 13.8 Å². The van der Waals surface area contributed by atoms with Crippen LogP contribution in [0.25, 0.3) is 0 Å². The molecule has 5 unspecified atom stereocenters. The van der Waals surface area contributed by atoms with Gasteiger partial charge >= 0.3 is 5.97 Å². The van der Waals surface area contributed by atoms with Gasteiger partial charge in [-0.15, -0.1) is 0 Å². The van der Waals surface area contributed by atoms with Crippen LogP contribution in [0.15, 0.2) is 30.4 Å². The number of carbonyl (C=O) groups excluding carboxylic acids is 7. The third-order valence-electron chi connectivity index (χ3n) is 8.68. The number of ether oxygens (including phenoxy) is 3. The number of carboxylic acids is 1. The van der Waals surface area contributed by atoms with Crippen LogP contribution in [0.3, 0.4) is 0 Å². The average molecular weight is 787 g/mol. The molecule has 2 radical (unpaired) electrons. The molecule has 6 amide bonds. The first-order chi connectivity index (χ1) is 26.4. The van der Waals surface area contributed by atoms with Crippen molar-refractivity contribution >= 4 is 60.8 Å². The fraction of sp³-hybridized carbons (Fsp3) is 0.543. The molecular formula is C35H47BN6O14. The Hall–Kier alpha value is -5.38. The summed E-state index contributed by atoms with van der Waals surface area (Å²) in [4.78, 5) is 99.8. The first-order valence-corrected chi connectivity index (χ1v) is 17.8. The number of unbranched alkanes of at least 4 members (excludes halogenated alkanes) is 1. The van der Waals surface area contributed by atoms with E-state index >= 15 is 0 Å². The number of carbonyl (C=O) groups is 8. The van der Waals surface area contributed by atoms with Crippen LogP contribution in [0, 0.1) is 5.41 Å². The summed E-state index contributed by atoms with van der Waals surface area (Å²) in [5.74, 6) is -6.42. The molecule has 2 aliphatic rings. The molecule has 9 N–H and O–H groups in total. The van der Waals surface area contributed by atoms with E-state index in [1.165, 1.54) is 18.2 Å². The van der Waals surface area contributed by atoms with Gasteiger partial charge in [-0.2, -0.15) is 0 Å². The molecule has 2 aliphatic heterocycles. The summed E-state index contributed by atoms with van der Waals surface area (Å²) >= 11 is 0. The van der Waals surface area contributed by atoms with Gasteiger partial charge in [-0.3, -0.25) is 38.5 Å². The minimum Gasteiger partial charge on any atom is -0.479 e. The van der Waals surface area contributed by atoms with Gasteiger partial charge in [-0.25, -0.2) is 4.79 Å². The highest BCUT2D eigenvalue weighted by molar-refractivity contribution is 6.55. The van der Waals surface area contributed by atoms with Crippen molar-refractivity contribution in [1.82, 2.24) is 20.9 Å². The number of aliphatic carboxylic acids is 1. The number of aliphatic hydroxyl groups is 2. The molecule has 1 aromatic rings. The summed E-state index contributed by atoms with van der Waals surface area (Å²) < 4.78 is 16.1. The van der Waals surface area contributed by atoms with Crippen LogP contribution in [0.2, 0.25) is 0 Å². The smallest absolute Gasteiger partial charge is 0.333 e. The maximum absolute atomic E-state index is 13.4. The molecule has 21 heteroatoms. The predicted octanol–water partition coefficient (Wildman–Crippen LogP) is -1.69. The molecule has 5 atom stereocenters. The minimum absolute atomic E-state index is 0.0203. The van der Waals surface area contributed by atoms with Crippen molar-refractivity contribution in [1.29, 1.82) is 0 Å². The maximum atomic E-state index is 13.4. The number of benzene rings is 1. The van der Waals surface area contributed by atoms with Crippen molar-refractivity contribution in [2.45, 2.75) is 89.6 Å². The van der Waals surface area contributed by atoms with Crippen molar-refractivity contribution in [3.8, 4) is 5.75 Å². The molecule has 0 bridgehead atoms. The highest BCUT2D eigenvalue weighted by Gasteiger charge is 2.37. The molecule has 20 nitrogen and oxygen atoms in total. The lowest BCUT2D eigenvalue weighted by molar-refractivity contribution is -0.195. The average Bonchev–Trinajstić information content (AvgIpc) is 3.47. The Morgan fingerprint density at radius 1 is 1.04 bits per heavy atom. The van der Waals surface area contributed by atoms with Crippen LogP contribution >= 0.6 is 0 Å². The van der Waals surface area contributed by atoms with Crippen molar-refractivity contribution in [2.24, 2.45) is 11.1 Å². The van der Waals surface area contributed by atoms with E-state index in [4.69, 9.17) is 27.8 Å². The van der Waals surface area contributed by atoms with Gasteiger partial charge in [0, 0.05) is 51.0 Å². The number of anilines is 1. The number of hydrogen-bond acceptors (Lipinski definition) is 14. The molecule has 2 heterocycles. The summed E-state index contributed by atoms with van der Waals surface area (Å²) in [6.45, 7) is 2.04. The van der Waals surface area contributed by atoms with Gasteiger partial charge in [0.2, 0.25) is 43.6 Å². The summed E-state index contributed by atoms with van der Waals surface area (Å²) in [6, 6.07) is 1.66. The van der Waals surface area contributed by atoms with Crippen LogP contribution in [0.1, 0.15) is 57.9 Å². The summed E-state index contributed by atoms with van der Waals surface area (Å²) in [5, 5.41) is 39.3. The molecule has 304 valence electrons. The number of nitrogens with zero attached hydrogens (tertiary/aromatic N) is 1. The van der Waals surface area contributed by atoms with Crippen molar-refractivity contribution in [2.75, 3.05) is 31.6 Å². The second kappa shape index (κ2) is 21.1. The Morgan fingerprint density at radius 2 is 1.73 bits per heavy atom. The van der Waals surface area contributed by atoms with E-state index in [0.29, 0.717) is 23.3 Å². The van der Waals surface area contributed by atoms with Crippen molar-refractivity contribution < 1.29 is 67.9 Å². The molecule has 0 aliphatic carbocycles. The minimum atomic E-state index is -1.41. The number of carboxylic acid groups (broad SMARTS) is 1. The number of nitrogens with two attached hydrogens (primary N) is 1. The normalized spacial score (nSPS) is 19.1. The number of rotatable bonds is 21. The lowest BCUT2D eigenvalue weighted by Gasteiger charge is -2.31. The number of amides is 6. The van der Waals surface area contributed by atoms with Crippen LogP contribution in [0.5, 0.6) is 5.75 Å². The predicted molar refractivity (Wildman–Crippen MR) is 194 cm³/mol. The number of nitrogens with one attached hydrogen (secondary N) is 4. The quantitative estimate of drug-likeness (QED) is 0.0392. The van der Waals surface area contributed by atoms with Crippen LogP contribution in [-0.2, 0) is 49.6 Å². The van der Waals surface area contributed by atoms with E-state index in [0.717, 1.165) is 12.2 Å². The molecule has 0 spiro atoms. The van der Waals surface area contributed by atoms with E-state index in [1.807, 2.05) is 0 Å². The van der Waals surface area contributed by atoms with E-state index in [-0.39, 0.29) is 69.3 Å². The van der Waals surface area contributed by atoms with Crippen molar-refractivity contribution in [3.63, 3.8) is 0 Å². The van der Waals surface area contributed by atoms with Gasteiger partial charge in [-0.05, 0) is 50.8 Å².